The van der Waals surface area contributed by atoms with E-state index in [9.17, 15) is 8.78 Å². The summed E-state index contributed by atoms with van der Waals surface area (Å²) in [6, 6.07) is 3.97. The second-order valence-corrected chi connectivity index (χ2v) is 4.62. The van der Waals surface area contributed by atoms with E-state index in [0.29, 0.717) is 6.42 Å². The maximum absolute atomic E-state index is 13.6. The van der Waals surface area contributed by atoms with Gasteiger partial charge in [0.1, 0.15) is 11.6 Å². The molecule has 18 heavy (non-hydrogen) atoms. The lowest BCUT2D eigenvalue weighted by atomic mass is 9.98. The van der Waals surface area contributed by atoms with Crippen LogP contribution < -0.4 is 5.32 Å². The average molecular weight is 255 g/mol. The molecule has 1 N–H and O–H groups in total. The van der Waals surface area contributed by atoms with Crippen LogP contribution in [-0.4, -0.2) is 25.3 Å². The maximum atomic E-state index is 13.6. The van der Waals surface area contributed by atoms with E-state index in [1.807, 2.05) is 6.92 Å². The predicted molar refractivity (Wildman–Crippen MR) is 66.5 cm³/mol. The first-order chi connectivity index (χ1) is 8.72. The molecule has 1 aliphatic rings. The van der Waals surface area contributed by atoms with E-state index < -0.39 is 11.6 Å². The highest BCUT2D eigenvalue weighted by Crippen LogP contribution is 2.21. The van der Waals surface area contributed by atoms with Gasteiger partial charge in [-0.25, -0.2) is 8.78 Å². The summed E-state index contributed by atoms with van der Waals surface area (Å²) < 4.78 is 32.9. The van der Waals surface area contributed by atoms with Crippen molar-refractivity contribution in [2.45, 2.75) is 38.3 Å². The van der Waals surface area contributed by atoms with E-state index >= 15 is 0 Å². The zero-order chi connectivity index (χ0) is 13.0. The molecule has 1 aromatic carbocycles. The van der Waals surface area contributed by atoms with Crippen molar-refractivity contribution in [3.63, 3.8) is 0 Å². The van der Waals surface area contributed by atoms with Crippen LogP contribution in [0.3, 0.4) is 0 Å². The third kappa shape index (κ3) is 3.06. The van der Waals surface area contributed by atoms with Crippen molar-refractivity contribution in [2.24, 2.45) is 0 Å². The lowest BCUT2D eigenvalue weighted by molar-refractivity contribution is 0.0784. The van der Waals surface area contributed by atoms with Gasteiger partial charge in [-0.15, -0.1) is 0 Å². The molecule has 1 aliphatic heterocycles. The minimum atomic E-state index is -0.476. The fourth-order valence-corrected chi connectivity index (χ4v) is 2.46. The van der Waals surface area contributed by atoms with Crippen molar-refractivity contribution in [3.05, 3.63) is 35.4 Å². The summed E-state index contributed by atoms with van der Waals surface area (Å²) in [5.41, 5.74) is 0.152. The molecule has 0 aromatic heterocycles. The zero-order valence-corrected chi connectivity index (χ0v) is 10.6. The van der Waals surface area contributed by atoms with Gasteiger partial charge < -0.3 is 10.1 Å². The first-order valence-corrected chi connectivity index (χ1v) is 6.50. The fourth-order valence-electron chi connectivity index (χ4n) is 2.46. The molecule has 0 saturated carbocycles. The van der Waals surface area contributed by atoms with Gasteiger partial charge in [-0.1, -0.05) is 13.0 Å². The second kappa shape index (κ2) is 6.25. The number of hydrogen-bond donors (Lipinski definition) is 1. The molecule has 0 spiro atoms. The Balaban J connectivity index is 2.12. The van der Waals surface area contributed by atoms with Crippen molar-refractivity contribution < 1.29 is 13.5 Å². The molecule has 2 rings (SSSR count). The number of hydrogen-bond acceptors (Lipinski definition) is 2. The van der Waals surface area contributed by atoms with Gasteiger partial charge in [-0.3, -0.25) is 0 Å². The molecule has 1 aromatic rings. The second-order valence-electron chi connectivity index (χ2n) is 4.62. The Labute approximate surface area is 106 Å². The van der Waals surface area contributed by atoms with Crippen LogP contribution in [0.4, 0.5) is 8.78 Å². The first-order valence-electron chi connectivity index (χ1n) is 6.50. The van der Waals surface area contributed by atoms with Crippen LogP contribution >= 0.6 is 0 Å². The van der Waals surface area contributed by atoms with E-state index in [1.54, 1.807) is 0 Å². The number of benzene rings is 1. The van der Waals surface area contributed by atoms with Crippen LogP contribution in [0.1, 0.15) is 25.3 Å². The summed E-state index contributed by atoms with van der Waals surface area (Å²) in [4.78, 5) is 0. The molecule has 2 unspecified atom stereocenters. The van der Waals surface area contributed by atoms with Crippen molar-refractivity contribution in [1.82, 2.24) is 5.32 Å². The summed E-state index contributed by atoms with van der Waals surface area (Å²) in [6.07, 6.45) is 2.36. The SMILES string of the molecule is CCNC(Cc1c(F)cccc1F)C1CCCO1. The summed E-state index contributed by atoms with van der Waals surface area (Å²) in [5, 5.41) is 3.27. The molecule has 1 fully saturated rings. The molecular formula is C14H19F2NO. The third-order valence-corrected chi connectivity index (χ3v) is 3.37. The van der Waals surface area contributed by atoms with Gasteiger partial charge >= 0.3 is 0 Å². The van der Waals surface area contributed by atoms with Gasteiger partial charge in [0, 0.05) is 18.2 Å². The van der Waals surface area contributed by atoms with Crippen molar-refractivity contribution in [1.29, 1.82) is 0 Å². The van der Waals surface area contributed by atoms with Crippen LogP contribution in [0.25, 0.3) is 0 Å². The maximum Gasteiger partial charge on any atom is 0.129 e. The summed E-state index contributed by atoms with van der Waals surface area (Å²) in [7, 11) is 0. The third-order valence-electron chi connectivity index (χ3n) is 3.37. The Morgan fingerprint density at radius 2 is 2.11 bits per heavy atom. The monoisotopic (exact) mass is 255 g/mol. The van der Waals surface area contributed by atoms with Gasteiger partial charge in [-0.05, 0) is 37.9 Å². The highest BCUT2D eigenvalue weighted by molar-refractivity contribution is 5.21. The van der Waals surface area contributed by atoms with Gasteiger partial charge in [0.15, 0.2) is 0 Å². The van der Waals surface area contributed by atoms with E-state index in [-0.39, 0.29) is 17.7 Å². The highest BCUT2D eigenvalue weighted by Gasteiger charge is 2.27. The fraction of sp³-hybridized carbons (Fsp3) is 0.571. The summed E-state index contributed by atoms with van der Waals surface area (Å²) in [5.74, 6) is -0.952. The first kappa shape index (κ1) is 13.4. The molecule has 0 amide bonds. The van der Waals surface area contributed by atoms with E-state index in [4.69, 9.17) is 4.74 Å². The smallest absolute Gasteiger partial charge is 0.129 e. The standard InChI is InChI=1S/C14H19F2NO/c1-2-17-13(14-7-4-8-18-14)9-10-11(15)5-3-6-12(10)16/h3,5-6,13-14,17H,2,4,7-9H2,1H3. The van der Waals surface area contributed by atoms with Crippen LogP contribution in [0, 0.1) is 11.6 Å². The topological polar surface area (TPSA) is 21.3 Å². The molecule has 4 heteroatoms. The largest absolute Gasteiger partial charge is 0.377 e. The quantitative estimate of drug-likeness (QED) is 0.873. The zero-order valence-electron chi connectivity index (χ0n) is 10.6. The number of halogens is 2. The molecule has 2 nitrogen and oxygen atoms in total. The Bertz CT molecular complexity index is 371. The van der Waals surface area contributed by atoms with E-state index in [2.05, 4.69) is 5.32 Å². The Hall–Kier alpha value is -1.00. The number of nitrogens with one attached hydrogen (secondary N) is 1. The summed E-state index contributed by atoms with van der Waals surface area (Å²) >= 11 is 0. The molecule has 2 atom stereocenters. The molecule has 100 valence electrons. The predicted octanol–water partition coefficient (Wildman–Crippen LogP) is 2.66. The minimum Gasteiger partial charge on any atom is -0.377 e. The average Bonchev–Trinajstić information content (AvgIpc) is 2.86. The van der Waals surface area contributed by atoms with Crippen LogP contribution in [0.2, 0.25) is 0 Å². The minimum absolute atomic E-state index is 0.0242. The van der Waals surface area contributed by atoms with Gasteiger partial charge in [0.05, 0.1) is 6.10 Å². The molecule has 0 radical (unpaired) electrons. The van der Waals surface area contributed by atoms with Crippen LogP contribution in [-0.2, 0) is 11.2 Å². The van der Waals surface area contributed by atoms with Gasteiger partial charge in [0.2, 0.25) is 0 Å². The number of likely N-dealkylation sites (N-methyl/N-ethyl adjacent to an activating group) is 1. The lowest BCUT2D eigenvalue weighted by Gasteiger charge is -2.24. The molecule has 0 bridgehead atoms. The molecule has 1 saturated heterocycles. The van der Waals surface area contributed by atoms with Crippen molar-refractivity contribution >= 4 is 0 Å². The molecular weight excluding hydrogens is 236 g/mol. The number of ether oxygens (including phenoxy) is 1. The van der Waals surface area contributed by atoms with Gasteiger partial charge in [0.25, 0.3) is 0 Å². The summed E-state index contributed by atoms with van der Waals surface area (Å²) in [6.45, 7) is 3.49. The Kier molecular flexibility index (Phi) is 4.66. The van der Waals surface area contributed by atoms with Crippen LogP contribution in [0.15, 0.2) is 18.2 Å². The Morgan fingerprint density at radius 1 is 1.39 bits per heavy atom. The molecule has 0 aliphatic carbocycles. The number of rotatable bonds is 5. The highest BCUT2D eigenvalue weighted by atomic mass is 19.1. The lowest BCUT2D eigenvalue weighted by Crippen LogP contribution is -2.41. The molecule has 1 heterocycles. The van der Waals surface area contributed by atoms with E-state index in [1.165, 1.54) is 18.2 Å². The van der Waals surface area contributed by atoms with Crippen LogP contribution in [0.5, 0.6) is 0 Å². The normalized spacial score (nSPS) is 21.2. The van der Waals surface area contributed by atoms with Crippen molar-refractivity contribution in [2.75, 3.05) is 13.2 Å². The Morgan fingerprint density at radius 3 is 2.67 bits per heavy atom. The van der Waals surface area contributed by atoms with Crippen molar-refractivity contribution in [3.8, 4) is 0 Å². The van der Waals surface area contributed by atoms with E-state index in [0.717, 1.165) is 26.0 Å². The van der Waals surface area contributed by atoms with Gasteiger partial charge in [-0.2, -0.15) is 0 Å².